The van der Waals surface area contributed by atoms with Crippen LogP contribution in [0.25, 0.3) is 5.69 Å². The van der Waals surface area contributed by atoms with Gasteiger partial charge >= 0.3 is 5.69 Å². The Balaban J connectivity index is 1.98. The molecule has 0 atom stereocenters. The first-order valence-corrected chi connectivity index (χ1v) is 7.67. The van der Waals surface area contributed by atoms with E-state index in [-0.39, 0.29) is 5.56 Å². The van der Waals surface area contributed by atoms with Gasteiger partial charge in [0.2, 0.25) is 5.88 Å². The van der Waals surface area contributed by atoms with Crippen LogP contribution in [-0.2, 0) is 0 Å². The van der Waals surface area contributed by atoms with E-state index in [0.717, 1.165) is 10.8 Å². The lowest BCUT2D eigenvalue weighted by Crippen LogP contribution is -2.31. The van der Waals surface area contributed by atoms with Crippen molar-refractivity contribution in [3.8, 4) is 17.3 Å². The van der Waals surface area contributed by atoms with Gasteiger partial charge in [-0.1, -0.05) is 30.3 Å². The first-order valence-electron chi connectivity index (χ1n) is 7.67. The number of hydrazone groups is 1. The summed E-state index contributed by atoms with van der Waals surface area (Å²) in [4.78, 5) is 26.3. The third kappa shape index (κ3) is 3.34. The standard InChI is InChI=1S/C18H16N4O4/c1-26-15-10-6-5-9-14(15)21-19-11-13-16(23)20-18(25)22(17(13)24)12-7-3-2-4-8-12/h2-11,21,24H,1H3,(H,20,23,25)/b19-11+. The van der Waals surface area contributed by atoms with E-state index in [9.17, 15) is 14.7 Å². The van der Waals surface area contributed by atoms with Gasteiger partial charge in [-0.25, -0.2) is 9.36 Å². The van der Waals surface area contributed by atoms with E-state index in [4.69, 9.17) is 4.74 Å². The molecule has 132 valence electrons. The van der Waals surface area contributed by atoms with Crippen LogP contribution in [0.15, 0.2) is 69.3 Å². The van der Waals surface area contributed by atoms with Gasteiger partial charge in [-0.15, -0.1) is 0 Å². The topological polar surface area (TPSA) is 109 Å². The van der Waals surface area contributed by atoms with Crippen LogP contribution in [0.1, 0.15) is 5.56 Å². The normalized spacial score (nSPS) is 10.8. The number of nitrogens with zero attached hydrogens (tertiary/aromatic N) is 2. The number of aromatic amines is 1. The predicted molar refractivity (Wildman–Crippen MR) is 98.5 cm³/mol. The lowest BCUT2D eigenvalue weighted by Gasteiger charge is -2.09. The molecule has 0 spiro atoms. The van der Waals surface area contributed by atoms with Gasteiger partial charge in [0.25, 0.3) is 5.56 Å². The van der Waals surface area contributed by atoms with Crippen molar-refractivity contribution in [2.24, 2.45) is 5.10 Å². The molecule has 0 amide bonds. The largest absolute Gasteiger partial charge is 0.495 e. The summed E-state index contributed by atoms with van der Waals surface area (Å²) in [6.07, 6.45) is 1.14. The molecule has 8 heteroatoms. The van der Waals surface area contributed by atoms with Crippen molar-refractivity contribution in [1.82, 2.24) is 9.55 Å². The first-order chi connectivity index (χ1) is 12.6. The smallest absolute Gasteiger partial charge is 0.335 e. The van der Waals surface area contributed by atoms with E-state index < -0.39 is 17.1 Å². The molecule has 26 heavy (non-hydrogen) atoms. The maximum Gasteiger partial charge on any atom is 0.335 e. The molecular formula is C18H16N4O4. The average molecular weight is 352 g/mol. The van der Waals surface area contributed by atoms with Gasteiger partial charge in [0.1, 0.15) is 11.3 Å². The monoisotopic (exact) mass is 352 g/mol. The number of para-hydroxylation sites is 3. The number of rotatable bonds is 5. The van der Waals surface area contributed by atoms with Crippen LogP contribution in [0.4, 0.5) is 5.69 Å². The fourth-order valence-electron chi connectivity index (χ4n) is 2.37. The number of methoxy groups -OCH3 is 1. The van der Waals surface area contributed by atoms with E-state index in [0.29, 0.717) is 17.1 Å². The number of anilines is 1. The summed E-state index contributed by atoms with van der Waals surface area (Å²) in [5, 5.41) is 14.4. The summed E-state index contributed by atoms with van der Waals surface area (Å²) < 4.78 is 6.18. The number of aromatic nitrogens is 2. The number of hydrogen-bond donors (Lipinski definition) is 3. The molecule has 8 nitrogen and oxygen atoms in total. The second kappa shape index (κ2) is 7.39. The molecule has 3 N–H and O–H groups in total. The quantitative estimate of drug-likeness (QED) is 0.478. The molecule has 0 fully saturated rings. The van der Waals surface area contributed by atoms with Crippen LogP contribution < -0.4 is 21.4 Å². The zero-order chi connectivity index (χ0) is 18.5. The molecule has 3 rings (SSSR count). The molecular weight excluding hydrogens is 336 g/mol. The van der Waals surface area contributed by atoms with E-state index in [1.165, 1.54) is 7.11 Å². The van der Waals surface area contributed by atoms with Gasteiger partial charge in [0.15, 0.2) is 0 Å². The van der Waals surface area contributed by atoms with Gasteiger partial charge in [0, 0.05) is 0 Å². The molecule has 0 saturated heterocycles. The van der Waals surface area contributed by atoms with Crippen LogP contribution in [0.2, 0.25) is 0 Å². The minimum Gasteiger partial charge on any atom is -0.495 e. The Labute approximate surface area is 148 Å². The highest BCUT2D eigenvalue weighted by Gasteiger charge is 2.14. The van der Waals surface area contributed by atoms with Crippen LogP contribution >= 0.6 is 0 Å². The summed E-state index contributed by atoms with van der Waals surface area (Å²) in [6, 6.07) is 15.5. The maximum absolute atomic E-state index is 12.1. The van der Waals surface area contributed by atoms with E-state index >= 15 is 0 Å². The molecule has 2 aromatic carbocycles. The molecule has 0 aliphatic rings. The fourth-order valence-corrected chi connectivity index (χ4v) is 2.37. The number of ether oxygens (including phenoxy) is 1. The summed E-state index contributed by atoms with van der Waals surface area (Å²) in [5.41, 5.74) is 2.09. The molecule has 1 aromatic heterocycles. The van der Waals surface area contributed by atoms with Crippen molar-refractivity contribution < 1.29 is 9.84 Å². The second-order valence-corrected chi connectivity index (χ2v) is 5.24. The lowest BCUT2D eigenvalue weighted by atomic mass is 10.3. The van der Waals surface area contributed by atoms with Gasteiger partial charge < -0.3 is 9.84 Å². The molecule has 0 bridgehead atoms. The Hall–Kier alpha value is -3.81. The first kappa shape index (κ1) is 17.0. The van der Waals surface area contributed by atoms with Gasteiger partial charge in [-0.05, 0) is 24.3 Å². The number of H-pyrrole nitrogens is 1. The van der Waals surface area contributed by atoms with Crippen molar-refractivity contribution in [3.63, 3.8) is 0 Å². The number of hydrogen-bond acceptors (Lipinski definition) is 6. The highest BCUT2D eigenvalue weighted by Crippen LogP contribution is 2.23. The lowest BCUT2D eigenvalue weighted by molar-refractivity contribution is 0.416. The molecule has 0 radical (unpaired) electrons. The van der Waals surface area contributed by atoms with Gasteiger partial charge in [-0.2, -0.15) is 5.10 Å². The van der Waals surface area contributed by atoms with Crippen molar-refractivity contribution in [1.29, 1.82) is 0 Å². The highest BCUT2D eigenvalue weighted by molar-refractivity contribution is 5.83. The number of aromatic hydroxyl groups is 1. The number of benzene rings is 2. The Kier molecular flexibility index (Phi) is 4.84. The predicted octanol–water partition coefficient (Wildman–Crippen LogP) is 1.69. The van der Waals surface area contributed by atoms with Crippen molar-refractivity contribution in [3.05, 3.63) is 81.0 Å². The van der Waals surface area contributed by atoms with Crippen molar-refractivity contribution >= 4 is 11.9 Å². The van der Waals surface area contributed by atoms with Crippen molar-refractivity contribution in [2.75, 3.05) is 12.5 Å². The Morgan fingerprint density at radius 2 is 1.81 bits per heavy atom. The SMILES string of the molecule is COc1ccccc1N/N=C/c1c(O)n(-c2ccccc2)c(=O)[nH]c1=O. The third-order valence-corrected chi connectivity index (χ3v) is 3.62. The van der Waals surface area contributed by atoms with Crippen LogP contribution in [0, 0.1) is 0 Å². The zero-order valence-corrected chi connectivity index (χ0v) is 13.8. The summed E-state index contributed by atoms with van der Waals surface area (Å²) in [6.45, 7) is 0. The summed E-state index contributed by atoms with van der Waals surface area (Å²) in [7, 11) is 1.52. The molecule has 3 aromatic rings. The van der Waals surface area contributed by atoms with Gasteiger partial charge in [-0.3, -0.25) is 15.2 Å². The molecule has 0 aliphatic carbocycles. The van der Waals surface area contributed by atoms with Gasteiger partial charge in [0.05, 0.1) is 24.7 Å². The zero-order valence-electron chi connectivity index (χ0n) is 13.8. The average Bonchev–Trinajstić information content (AvgIpc) is 2.65. The van der Waals surface area contributed by atoms with Crippen LogP contribution in [0.5, 0.6) is 11.6 Å². The maximum atomic E-state index is 12.1. The van der Waals surface area contributed by atoms with E-state index in [2.05, 4.69) is 15.5 Å². The highest BCUT2D eigenvalue weighted by atomic mass is 16.5. The molecule has 0 saturated carbocycles. The summed E-state index contributed by atoms with van der Waals surface area (Å²) >= 11 is 0. The fraction of sp³-hybridized carbons (Fsp3) is 0.0556. The van der Waals surface area contributed by atoms with Crippen molar-refractivity contribution in [2.45, 2.75) is 0 Å². The molecule has 0 unspecified atom stereocenters. The van der Waals surface area contributed by atoms with E-state index in [1.807, 2.05) is 0 Å². The minimum absolute atomic E-state index is 0.157. The second-order valence-electron chi connectivity index (χ2n) is 5.24. The Bertz CT molecular complexity index is 1050. The molecule has 1 heterocycles. The third-order valence-electron chi connectivity index (χ3n) is 3.62. The molecule has 0 aliphatic heterocycles. The van der Waals surface area contributed by atoms with E-state index in [1.54, 1.807) is 54.6 Å². The Morgan fingerprint density at radius 1 is 1.12 bits per heavy atom. The van der Waals surface area contributed by atoms with Crippen LogP contribution in [-0.4, -0.2) is 28.0 Å². The number of nitrogens with one attached hydrogen (secondary N) is 2. The minimum atomic E-state index is -0.745. The Morgan fingerprint density at radius 3 is 2.54 bits per heavy atom. The summed E-state index contributed by atoms with van der Waals surface area (Å²) in [5.74, 6) is 0.0626. The van der Waals surface area contributed by atoms with Crippen LogP contribution in [0.3, 0.4) is 0 Å².